The van der Waals surface area contributed by atoms with Gasteiger partial charge >= 0.3 is 5.97 Å². The number of benzene rings is 1. The van der Waals surface area contributed by atoms with Gasteiger partial charge in [-0.05, 0) is 73.4 Å². The number of aliphatic hydroxyl groups is 1. The Morgan fingerprint density at radius 3 is 2.97 bits per heavy atom. The number of oxazole rings is 1. The van der Waals surface area contributed by atoms with Gasteiger partial charge in [0.05, 0.1) is 25.3 Å². The van der Waals surface area contributed by atoms with Crippen molar-refractivity contribution in [1.29, 1.82) is 0 Å². The molecule has 2 aromatic heterocycles. The standard InChI is InChI=1S/C26H29N3O5/c1-33-21-5-6-24-23(14-21)22(8-10-27-24)25(30)7-4-18-9-12-29(15-19(18)13-26(31)32)11-2-3-20-16-34-17-28-20/h5-6,8,10,14,16-19,25,30H,4,7,9,11-13,15H2,1H3,(H,31,32)/t18-,19+,25-/m1/s1. The summed E-state index contributed by atoms with van der Waals surface area (Å²) < 4.78 is 10.3. The molecular formula is C26H29N3O5. The Bertz CT molecular complexity index is 1170. The van der Waals surface area contributed by atoms with Crippen molar-refractivity contribution in [1.82, 2.24) is 14.9 Å². The van der Waals surface area contributed by atoms with E-state index in [0.29, 0.717) is 25.2 Å². The minimum absolute atomic E-state index is 0.0154. The van der Waals surface area contributed by atoms with Crippen molar-refractivity contribution >= 4 is 16.9 Å². The molecule has 8 nitrogen and oxygen atoms in total. The molecule has 0 saturated carbocycles. The van der Waals surface area contributed by atoms with Gasteiger partial charge in [0.25, 0.3) is 0 Å². The molecule has 8 heteroatoms. The molecule has 1 saturated heterocycles. The molecule has 0 amide bonds. The summed E-state index contributed by atoms with van der Waals surface area (Å²) in [7, 11) is 1.61. The molecule has 0 radical (unpaired) electrons. The molecule has 1 aliphatic heterocycles. The molecule has 1 aromatic carbocycles. The molecule has 0 aliphatic carbocycles. The molecule has 2 N–H and O–H groups in total. The lowest BCUT2D eigenvalue weighted by Gasteiger charge is -2.37. The van der Waals surface area contributed by atoms with Gasteiger partial charge in [0.1, 0.15) is 12.0 Å². The maximum atomic E-state index is 11.5. The lowest BCUT2D eigenvalue weighted by molar-refractivity contribution is -0.139. The van der Waals surface area contributed by atoms with Crippen molar-refractivity contribution < 1.29 is 24.2 Å². The number of carbonyl (C=O) groups is 1. The predicted octanol–water partition coefficient (Wildman–Crippen LogP) is 3.51. The Balaban J connectivity index is 1.39. The average Bonchev–Trinajstić information content (AvgIpc) is 3.36. The fourth-order valence-electron chi connectivity index (χ4n) is 4.74. The maximum absolute atomic E-state index is 11.5. The number of pyridine rings is 1. The van der Waals surface area contributed by atoms with Crippen molar-refractivity contribution in [2.75, 3.05) is 26.7 Å². The molecule has 3 atom stereocenters. The molecule has 178 valence electrons. The van der Waals surface area contributed by atoms with Crippen molar-refractivity contribution in [3.63, 3.8) is 0 Å². The van der Waals surface area contributed by atoms with Crippen LogP contribution in [0.1, 0.15) is 43.0 Å². The number of rotatable bonds is 8. The van der Waals surface area contributed by atoms with E-state index in [4.69, 9.17) is 9.15 Å². The molecule has 1 aliphatic rings. The Kier molecular flexibility index (Phi) is 7.78. The Hall–Kier alpha value is -3.41. The van der Waals surface area contributed by atoms with Crippen molar-refractivity contribution in [2.45, 2.75) is 31.8 Å². The topological polar surface area (TPSA) is 109 Å². The second-order valence-corrected chi connectivity index (χ2v) is 8.69. The van der Waals surface area contributed by atoms with Crippen LogP contribution in [0.4, 0.5) is 0 Å². The second-order valence-electron chi connectivity index (χ2n) is 8.69. The number of likely N-dealkylation sites (tertiary alicyclic amines) is 1. The van der Waals surface area contributed by atoms with Crippen LogP contribution in [0.5, 0.6) is 5.75 Å². The lowest BCUT2D eigenvalue weighted by atomic mass is 9.79. The fraction of sp³-hybridized carbons (Fsp3) is 0.423. The van der Waals surface area contributed by atoms with E-state index in [9.17, 15) is 15.0 Å². The third-order valence-electron chi connectivity index (χ3n) is 6.52. The van der Waals surface area contributed by atoms with Crippen LogP contribution in [0.3, 0.4) is 0 Å². The zero-order chi connectivity index (χ0) is 23.9. The molecule has 0 bridgehead atoms. The lowest BCUT2D eigenvalue weighted by Crippen LogP contribution is -2.41. The zero-order valence-electron chi connectivity index (χ0n) is 19.2. The van der Waals surface area contributed by atoms with E-state index in [0.717, 1.165) is 41.6 Å². The van der Waals surface area contributed by atoms with Gasteiger partial charge in [-0.3, -0.25) is 14.7 Å². The summed E-state index contributed by atoms with van der Waals surface area (Å²) in [4.78, 5) is 22.1. The molecule has 3 heterocycles. The van der Waals surface area contributed by atoms with Crippen molar-refractivity contribution in [2.24, 2.45) is 11.8 Å². The number of aromatic nitrogens is 2. The van der Waals surface area contributed by atoms with Crippen LogP contribution in [-0.2, 0) is 4.79 Å². The zero-order valence-corrected chi connectivity index (χ0v) is 19.2. The first kappa shape index (κ1) is 23.7. The number of carboxylic acids is 1. The van der Waals surface area contributed by atoms with Gasteiger partial charge in [-0.1, -0.05) is 5.92 Å². The third-order valence-corrected chi connectivity index (χ3v) is 6.52. The molecule has 3 aromatic rings. The summed E-state index contributed by atoms with van der Waals surface area (Å²) in [5.74, 6) is 6.22. The molecule has 0 unspecified atom stereocenters. The van der Waals surface area contributed by atoms with Gasteiger partial charge in [-0.15, -0.1) is 0 Å². The normalized spacial score (nSPS) is 19.4. The number of nitrogens with zero attached hydrogens (tertiary/aromatic N) is 3. The van der Waals surface area contributed by atoms with Crippen LogP contribution in [0, 0.1) is 23.7 Å². The molecule has 34 heavy (non-hydrogen) atoms. The summed E-state index contributed by atoms with van der Waals surface area (Å²) in [6.45, 7) is 2.08. The van der Waals surface area contributed by atoms with E-state index in [-0.39, 0.29) is 18.3 Å². The van der Waals surface area contributed by atoms with Crippen LogP contribution < -0.4 is 4.74 Å². The Morgan fingerprint density at radius 1 is 1.32 bits per heavy atom. The number of hydrogen-bond acceptors (Lipinski definition) is 7. The van der Waals surface area contributed by atoms with Crippen LogP contribution >= 0.6 is 0 Å². The quantitative estimate of drug-likeness (QED) is 0.489. The number of carboxylic acid groups (broad SMARTS) is 1. The number of piperidine rings is 1. The summed E-state index contributed by atoms with van der Waals surface area (Å²) in [6, 6.07) is 7.48. The van der Waals surface area contributed by atoms with Gasteiger partial charge in [0.2, 0.25) is 0 Å². The van der Waals surface area contributed by atoms with Crippen LogP contribution in [-0.4, -0.2) is 57.8 Å². The van der Waals surface area contributed by atoms with E-state index in [1.54, 1.807) is 13.3 Å². The van der Waals surface area contributed by atoms with Crippen LogP contribution in [0.2, 0.25) is 0 Å². The smallest absolute Gasteiger partial charge is 0.303 e. The predicted molar refractivity (Wildman–Crippen MR) is 126 cm³/mol. The number of hydrogen-bond donors (Lipinski definition) is 2. The summed E-state index contributed by atoms with van der Waals surface area (Å²) in [5, 5.41) is 21.3. The largest absolute Gasteiger partial charge is 0.497 e. The highest BCUT2D eigenvalue weighted by molar-refractivity contribution is 5.83. The van der Waals surface area contributed by atoms with Gasteiger partial charge in [0.15, 0.2) is 12.1 Å². The first-order valence-electron chi connectivity index (χ1n) is 11.5. The highest BCUT2D eigenvalue weighted by Gasteiger charge is 2.31. The van der Waals surface area contributed by atoms with E-state index in [2.05, 4.69) is 26.7 Å². The van der Waals surface area contributed by atoms with E-state index >= 15 is 0 Å². The fourth-order valence-corrected chi connectivity index (χ4v) is 4.74. The first-order chi connectivity index (χ1) is 16.5. The Morgan fingerprint density at radius 2 is 2.21 bits per heavy atom. The molecule has 0 spiro atoms. The van der Waals surface area contributed by atoms with Gasteiger partial charge < -0.3 is 19.4 Å². The van der Waals surface area contributed by atoms with Crippen molar-refractivity contribution in [3.8, 4) is 17.6 Å². The van der Waals surface area contributed by atoms with E-state index < -0.39 is 12.1 Å². The van der Waals surface area contributed by atoms with E-state index in [1.807, 2.05) is 24.3 Å². The molecular weight excluding hydrogens is 434 g/mol. The summed E-state index contributed by atoms with van der Waals surface area (Å²) in [6.07, 6.45) is 6.20. The number of methoxy groups -OCH3 is 1. The second kappa shape index (κ2) is 11.1. The number of aliphatic hydroxyl groups excluding tert-OH is 1. The Labute approximate surface area is 198 Å². The number of fused-ring (bicyclic) bond motifs is 1. The maximum Gasteiger partial charge on any atom is 0.303 e. The SMILES string of the molecule is COc1ccc2nccc([C@H](O)CC[C@@H]3CCN(CC#Cc4cocn4)C[C@@H]3CC(=O)O)c2c1. The highest BCUT2D eigenvalue weighted by Crippen LogP contribution is 2.34. The molecule has 4 rings (SSSR count). The molecule has 1 fully saturated rings. The third kappa shape index (κ3) is 5.93. The minimum Gasteiger partial charge on any atom is -0.497 e. The average molecular weight is 464 g/mol. The van der Waals surface area contributed by atoms with Crippen LogP contribution in [0.15, 0.2) is 47.5 Å². The monoisotopic (exact) mass is 463 g/mol. The summed E-state index contributed by atoms with van der Waals surface area (Å²) >= 11 is 0. The van der Waals surface area contributed by atoms with Crippen molar-refractivity contribution in [3.05, 3.63) is 54.4 Å². The highest BCUT2D eigenvalue weighted by atomic mass is 16.5. The number of aliphatic carboxylic acids is 1. The number of ether oxygens (including phenoxy) is 1. The van der Waals surface area contributed by atoms with E-state index in [1.165, 1.54) is 12.7 Å². The van der Waals surface area contributed by atoms with Gasteiger partial charge in [-0.25, -0.2) is 4.98 Å². The van der Waals surface area contributed by atoms with Crippen LogP contribution in [0.25, 0.3) is 10.9 Å². The van der Waals surface area contributed by atoms with Gasteiger partial charge in [0, 0.05) is 24.5 Å². The minimum atomic E-state index is -0.793. The first-order valence-corrected chi connectivity index (χ1v) is 11.5. The van der Waals surface area contributed by atoms with Gasteiger partial charge in [-0.2, -0.15) is 0 Å². The summed E-state index contributed by atoms with van der Waals surface area (Å²) in [5.41, 5.74) is 2.22.